The van der Waals surface area contributed by atoms with Gasteiger partial charge in [0.15, 0.2) is 6.29 Å². The Kier molecular flexibility index (Phi) is 16.1. The van der Waals surface area contributed by atoms with Gasteiger partial charge >= 0.3 is 5.97 Å². The zero-order valence-corrected chi connectivity index (χ0v) is 26.8. The van der Waals surface area contributed by atoms with Crippen molar-refractivity contribution in [1.82, 2.24) is 16.0 Å². The Labute approximate surface area is 279 Å². The van der Waals surface area contributed by atoms with Crippen molar-refractivity contribution in [3.05, 3.63) is 0 Å². The molecule has 0 aromatic heterocycles. The molecule has 2 saturated heterocycles. The number of carboxylic acids is 1. The van der Waals surface area contributed by atoms with Gasteiger partial charge in [-0.3, -0.25) is 14.4 Å². The molecule has 0 saturated carbocycles. The highest BCUT2D eigenvalue weighted by Crippen LogP contribution is 2.34. The molecule has 0 aromatic carbocycles. The number of carbonyl (C=O) groups is 4. The number of hydrogen-bond donors (Lipinski definition) is 14. The van der Waals surface area contributed by atoms with Crippen LogP contribution in [0.1, 0.15) is 27.2 Å². The summed E-state index contributed by atoms with van der Waals surface area (Å²) in [5.74, 6) is -7.11. The molecule has 0 bridgehead atoms. The number of aliphatic hydroxyl groups excluding tert-OH is 10. The molecule has 2 rings (SSSR count). The Hall–Kier alpha value is -2.68. The second-order valence-corrected chi connectivity index (χ2v) is 11.8. The minimum absolute atomic E-state index is 0.744. The molecular weight excluding hydrogens is 670 g/mol. The lowest BCUT2D eigenvalue weighted by Crippen LogP contribution is -2.68. The van der Waals surface area contributed by atoms with E-state index >= 15 is 0 Å². The number of amides is 3. The topological polar surface area (TPSA) is 364 Å². The minimum Gasteiger partial charge on any atom is -0.477 e. The van der Waals surface area contributed by atoms with Crippen molar-refractivity contribution < 1.29 is 94.3 Å². The molecule has 3 amide bonds. The van der Waals surface area contributed by atoms with Crippen molar-refractivity contribution >= 4 is 23.7 Å². The second-order valence-electron chi connectivity index (χ2n) is 11.8. The van der Waals surface area contributed by atoms with E-state index in [-0.39, 0.29) is 0 Å². The Balaban J connectivity index is 2.42. The van der Waals surface area contributed by atoms with Crippen molar-refractivity contribution in [2.75, 3.05) is 26.4 Å². The standard InChI is InChI=1S/C27H47N3O19/c1-9(34)28-12(5-31)23(48-25-18(30-11(3)36)22(43)21(42)16(7-33)47-25)20(41)15(39)8-46-27(26(44)45)4-13(37)17(29-10(2)35)24(49-27)19(40)14(38)6-32/h12-25,31-33,37-43H,4-8H2,1-3H3,(H,28,34)(H,29,35)(H,30,36)(H,44,45)/t12-,13-,14+,15+,16+,17+,18+,19+,20-,21+,22+,23+,24+,25-,27-/m0/s1. The van der Waals surface area contributed by atoms with Gasteiger partial charge in [0.1, 0.15) is 61.0 Å². The third-order valence-electron chi connectivity index (χ3n) is 7.93. The van der Waals surface area contributed by atoms with Gasteiger partial charge in [-0.2, -0.15) is 0 Å². The van der Waals surface area contributed by atoms with Crippen molar-refractivity contribution in [1.29, 1.82) is 0 Å². The van der Waals surface area contributed by atoms with Crippen LogP contribution < -0.4 is 16.0 Å². The molecule has 49 heavy (non-hydrogen) atoms. The fourth-order valence-electron chi connectivity index (χ4n) is 5.46. The molecule has 2 heterocycles. The molecular formula is C27H47N3O19. The van der Waals surface area contributed by atoms with E-state index in [1.807, 2.05) is 0 Å². The summed E-state index contributed by atoms with van der Waals surface area (Å²) < 4.78 is 22.0. The van der Waals surface area contributed by atoms with Gasteiger partial charge < -0.3 is 91.1 Å². The van der Waals surface area contributed by atoms with Crippen LogP contribution in [0.2, 0.25) is 0 Å². The van der Waals surface area contributed by atoms with Gasteiger partial charge in [-0.05, 0) is 0 Å². The van der Waals surface area contributed by atoms with Crippen LogP contribution in [-0.4, -0.2) is 198 Å². The van der Waals surface area contributed by atoms with E-state index in [2.05, 4.69) is 16.0 Å². The van der Waals surface area contributed by atoms with E-state index < -0.39 is 148 Å². The van der Waals surface area contributed by atoms with Gasteiger partial charge in [-0.15, -0.1) is 0 Å². The van der Waals surface area contributed by atoms with E-state index in [1.165, 1.54) is 0 Å². The lowest BCUT2D eigenvalue weighted by Gasteiger charge is -2.47. The maximum absolute atomic E-state index is 12.4. The van der Waals surface area contributed by atoms with E-state index in [0.29, 0.717) is 0 Å². The predicted molar refractivity (Wildman–Crippen MR) is 155 cm³/mol. The quantitative estimate of drug-likeness (QED) is 0.0664. The lowest BCUT2D eigenvalue weighted by atomic mass is 9.88. The first-order chi connectivity index (χ1) is 22.8. The third-order valence-corrected chi connectivity index (χ3v) is 7.93. The Morgan fingerprint density at radius 1 is 0.857 bits per heavy atom. The Bertz CT molecular complexity index is 1120. The zero-order chi connectivity index (χ0) is 37.4. The van der Waals surface area contributed by atoms with Crippen LogP contribution in [0.3, 0.4) is 0 Å². The molecule has 14 N–H and O–H groups in total. The first kappa shape index (κ1) is 42.5. The summed E-state index contributed by atoms with van der Waals surface area (Å²) in [6, 6.07) is -4.67. The maximum atomic E-state index is 12.4. The van der Waals surface area contributed by atoms with Gasteiger partial charge in [-0.1, -0.05) is 0 Å². The molecule has 2 aliphatic rings. The van der Waals surface area contributed by atoms with Crippen molar-refractivity contribution in [2.45, 2.75) is 118 Å². The number of aliphatic carboxylic acids is 1. The monoisotopic (exact) mass is 717 g/mol. The summed E-state index contributed by atoms with van der Waals surface area (Å²) in [4.78, 5) is 47.9. The molecule has 22 nitrogen and oxygen atoms in total. The number of ether oxygens (including phenoxy) is 4. The molecule has 0 unspecified atom stereocenters. The van der Waals surface area contributed by atoms with Gasteiger partial charge in [0.25, 0.3) is 5.79 Å². The molecule has 0 aliphatic carbocycles. The first-order valence-electron chi connectivity index (χ1n) is 15.1. The van der Waals surface area contributed by atoms with Crippen molar-refractivity contribution in [3.63, 3.8) is 0 Å². The SMILES string of the molecule is CC(=O)N[C@H]1[C@H](O[C@@H]([C@@H](O)[C@H](O)CO[C@@]2(C(=O)O)C[C@H](O)[C@@H](NC(C)=O)[C@H]([C@H](O)[C@H](O)CO)O2)[C@H](CO)NC(C)=O)O[C@H](CO)[C@@H](O)[C@@H]1O. The highest BCUT2D eigenvalue weighted by atomic mass is 16.7. The summed E-state index contributed by atoms with van der Waals surface area (Å²) in [5, 5.41) is 120. The third kappa shape index (κ3) is 10.7. The summed E-state index contributed by atoms with van der Waals surface area (Å²) >= 11 is 0. The molecule has 0 aromatic rings. The van der Waals surface area contributed by atoms with E-state index in [0.717, 1.165) is 20.8 Å². The smallest absolute Gasteiger partial charge is 0.364 e. The summed E-state index contributed by atoms with van der Waals surface area (Å²) in [6.45, 7) is -0.929. The summed E-state index contributed by atoms with van der Waals surface area (Å²) in [7, 11) is 0. The zero-order valence-electron chi connectivity index (χ0n) is 26.8. The van der Waals surface area contributed by atoms with Crippen LogP contribution in [0.25, 0.3) is 0 Å². The molecule has 2 aliphatic heterocycles. The van der Waals surface area contributed by atoms with E-state index in [1.54, 1.807) is 0 Å². The van der Waals surface area contributed by atoms with Gasteiger partial charge in [0, 0.05) is 27.2 Å². The van der Waals surface area contributed by atoms with E-state index in [9.17, 15) is 75.3 Å². The molecule has 0 radical (unpaired) electrons. The second kappa shape index (κ2) is 18.5. The number of aliphatic hydroxyl groups is 10. The lowest BCUT2D eigenvalue weighted by molar-refractivity contribution is -0.320. The number of hydrogen-bond acceptors (Lipinski definition) is 18. The number of carbonyl (C=O) groups excluding carboxylic acids is 3. The fraction of sp³-hybridized carbons (Fsp3) is 0.852. The molecule has 15 atom stereocenters. The molecule has 2 fully saturated rings. The Morgan fingerprint density at radius 2 is 1.45 bits per heavy atom. The van der Waals surface area contributed by atoms with Crippen LogP contribution in [-0.2, 0) is 38.1 Å². The molecule has 22 heteroatoms. The van der Waals surface area contributed by atoms with Gasteiger partial charge in [0.05, 0.1) is 44.6 Å². The van der Waals surface area contributed by atoms with Gasteiger partial charge in [-0.25, -0.2) is 4.79 Å². The highest BCUT2D eigenvalue weighted by molar-refractivity contribution is 5.76. The van der Waals surface area contributed by atoms with Crippen LogP contribution in [0.15, 0.2) is 0 Å². The number of rotatable bonds is 17. The highest BCUT2D eigenvalue weighted by Gasteiger charge is 2.56. The average Bonchev–Trinajstić information content (AvgIpc) is 3.03. The van der Waals surface area contributed by atoms with Crippen LogP contribution in [0.4, 0.5) is 0 Å². The number of nitrogens with one attached hydrogen (secondary N) is 3. The van der Waals surface area contributed by atoms with Crippen molar-refractivity contribution in [2.24, 2.45) is 0 Å². The predicted octanol–water partition coefficient (Wildman–Crippen LogP) is -8.30. The van der Waals surface area contributed by atoms with Gasteiger partial charge in [0.2, 0.25) is 17.7 Å². The van der Waals surface area contributed by atoms with Crippen LogP contribution in [0, 0.1) is 0 Å². The normalized spacial score (nSPS) is 34.1. The average molecular weight is 718 g/mol. The van der Waals surface area contributed by atoms with Crippen LogP contribution >= 0.6 is 0 Å². The fourth-order valence-corrected chi connectivity index (χ4v) is 5.46. The minimum atomic E-state index is -2.92. The largest absolute Gasteiger partial charge is 0.477 e. The first-order valence-corrected chi connectivity index (χ1v) is 15.1. The summed E-state index contributed by atoms with van der Waals surface area (Å²) in [5.41, 5.74) is 0. The Morgan fingerprint density at radius 3 is 1.94 bits per heavy atom. The molecule has 284 valence electrons. The maximum Gasteiger partial charge on any atom is 0.364 e. The number of carboxylic acid groups (broad SMARTS) is 1. The van der Waals surface area contributed by atoms with Crippen molar-refractivity contribution in [3.8, 4) is 0 Å². The van der Waals surface area contributed by atoms with E-state index in [4.69, 9.17) is 18.9 Å². The summed E-state index contributed by atoms with van der Waals surface area (Å²) in [6.07, 6.45) is -22.0. The van der Waals surface area contributed by atoms with Crippen LogP contribution in [0.5, 0.6) is 0 Å². The molecule has 0 spiro atoms.